The Balaban J connectivity index is 2.38. The van der Waals surface area contributed by atoms with Crippen molar-refractivity contribution < 1.29 is 14.6 Å². The molecule has 3 nitrogen and oxygen atoms in total. The molecular formula is C13H11ClO3. The SMILES string of the molecule is Cc1c(O)ccc2cc(OCC(=O)Cl)ccc12. The first kappa shape index (κ1) is 11.7. The summed E-state index contributed by atoms with van der Waals surface area (Å²) < 4.78 is 5.20. The molecule has 0 saturated heterocycles. The highest BCUT2D eigenvalue weighted by Crippen LogP contribution is 2.28. The van der Waals surface area contributed by atoms with Gasteiger partial charge in [0.25, 0.3) is 5.24 Å². The van der Waals surface area contributed by atoms with Gasteiger partial charge in [0.15, 0.2) is 6.61 Å². The van der Waals surface area contributed by atoms with Gasteiger partial charge < -0.3 is 9.84 Å². The van der Waals surface area contributed by atoms with Crippen LogP contribution >= 0.6 is 11.6 Å². The van der Waals surface area contributed by atoms with Crippen LogP contribution in [0.3, 0.4) is 0 Å². The van der Waals surface area contributed by atoms with E-state index >= 15 is 0 Å². The van der Waals surface area contributed by atoms with Gasteiger partial charge in [-0.25, -0.2) is 0 Å². The van der Waals surface area contributed by atoms with Crippen molar-refractivity contribution in [3.63, 3.8) is 0 Å². The molecule has 0 radical (unpaired) electrons. The molecule has 0 fully saturated rings. The minimum Gasteiger partial charge on any atom is -0.508 e. The van der Waals surface area contributed by atoms with Gasteiger partial charge in [-0.15, -0.1) is 0 Å². The van der Waals surface area contributed by atoms with E-state index in [1.807, 2.05) is 19.1 Å². The number of phenols is 1. The Morgan fingerprint density at radius 3 is 2.82 bits per heavy atom. The van der Waals surface area contributed by atoms with Crippen LogP contribution in [0.4, 0.5) is 0 Å². The molecule has 4 heteroatoms. The minimum absolute atomic E-state index is 0.149. The normalized spacial score (nSPS) is 10.5. The first-order valence-electron chi connectivity index (χ1n) is 5.11. The zero-order chi connectivity index (χ0) is 12.4. The number of rotatable bonds is 3. The molecule has 0 aliphatic carbocycles. The highest BCUT2D eigenvalue weighted by molar-refractivity contribution is 6.63. The predicted octanol–water partition coefficient (Wildman–Crippen LogP) is 3.00. The predicted molar refractivity (Wildman–Crippen MR) is 66.7 cm³/mol. The van der Waals surface area contributed by atoms with E-state index in [4.69, 9.17) is 16.3 Å². The van der Waals surface area contributed by atoms with Gasteiger partial charge in [0.2, 0.25) is 0 Å². The zero-order valence-electron chi connectivity index (χ0n) is 9.24. The topological polar surface area (TPSA) is 46.5 Å². The largest absolute Gasteiger partial charge is 0.508 e. The van der Waals surface area contributed by atoms with E-state index in [-0.39, 0.29) is 12.4 Å². The lowest BCUT2D eigenvalue weighted by Gasteiger charge is -2.07. The van der Waals surface area contributed by atoms with Crippen LogP contribution in [-0.4, -0.2) is 17.0 Å². The average molecular weight is 251 g/mol. The van der Waals surface area contributed by atoms with Crippen molar-refractivity contribution in [1.29, 1.82) is 0 Å². The number of phenolic OH excluding ortho intramolecular Hbond substituents is 1. The molecule has 2 aromatic rings. The van der Waals surface area contributed by atoms with Crippen LogP contribution in [0.2, 0.25) is 0 Å². The molecule has 1 N–H and O–H groups in total. The number of ether oxygens (including phenoxy) is 1. The second-order valence-corrected chi connectivity index (χ2v) is 4.16. The van der Waals surface area contributed by atoms with E-state index in [2.05, 4.69) is 0 Å². The summed E-state index contributed by atoms with van der Waals surface area (Å²) in [4.78, 5) is 10.6. The second kappa shape index (κ2) is 4.63. The summed E-state index contributed by atoms with van der Waals surface area (Å²) in [6.45, 7) is 1.70. The molecule has 0 aromatic heterocycles. The summed E-state index contributed by atoms with van der Waals surface area (Å²) in [7, 11) is 0. The third-order valence-corrected chi connectivity index (χ3v) is 2.69. The maximum Gasteiger partial charge on any atom is 0.259 e. The number of aromatic hydroxyl groups is 1. The van der Waals surface area contributed by atoms with Crippen LogP contribution in [0.1, 0.15) is 5.56 Å². The molecule has 0 saturated carbocycles. The van der Waals surface area contributed by atoms with Crippen LogP contribution in [0, 0.1) is 6.92 Å². The first-order valence-corrected chi connectivity index (χ1v) is 5.49. The maximum atomic E-state index is 10.6. The lowest BCUT2D eigenvalue weighted by molar-refractivity contribution is -0.113. The highest BCUT2D eigenvalue weighted by Gasteiger charge is 2.04. The quantitative estimate of drug-likeness (QED) is 0.852. The van der Waals surface area contributed by atoms with E-state index in [0.717, 1.165) is 16.3 Å². The Morgan fingerprint density at radius 1 is 1.35 bits per heavy atom. The molecule has 2 rings (SSSR count). The molecule has 0 spiro atoms. The number of carbonyl (C=O) groups excluding carboxylic acids is 1. The second-order valence-electron chi connectivity index (χ2n) is 3.74. The molecule has 0 atom stereocenters. The molecular weight excluding hydrogens is 240 g/mol. The fourth-order valence-electron chi connectivity index (χ4n) is 1.68. The number of hydrogen-bond acceptors (Lipinski definition) is 3. The number of carbonyl (C=O) groups is 1. The molecule has 0 unspecified atom stereocenters. The van der Waals surface area contributed by atoms with Crippen LogP contribution in [0.25, 0.3) is 10.8 Å². The lowest BCUT2D eigenvalue weighted by Crippen LogP contribution is -2.04. The molecule has 0 bridgehead atoms. The highest BCUT2D eigenvalue weighted by atomic mass is 35.5. The molecule has 88 valence electrons. The fourth-order valence-corrected chi connectivity index (χ4v) is 1.74. The summed E-state index contributed by atoms with van der Waals surface area (Å²) in [5.74, 6) is 0.846. The van der Waals surface area contributed by atoms with Crippen molar-refractivity contribution in [3.8, 4) is 11.5 Å². The van der Waals surface area contributed by atoms with Crippen molar-refractivity contribution in [2.45, 2.75) is 6.92 Å². The van der Waals surface area contributed by atoms with Crippen molar-refractivity contribution >= 4 is 27.6 Å². The fraction of sp³-hybridized carbons (Fsp3) is 0.154. The van der Waals surface area contributed by atoms with E-state index in [9.17, 15) is 9.90 Å². The van der Waals surface area contributed by atoms with E-state index in [1.54, 1.807) is 18.2 Å². The molecule has 0 aliphatic heterocycles. The Hall–Kier alpha value is -1.74. The Labute approximate surface area is 104 Å². The first-order chi connectivity index (χ1) is 8.08. The van der Waals surface area contributed by atoms with Gasteiger partial charge >= 0.3 is 0 Å². The third kappa shape index (κ3) is 2.50. The van der Waals surface area contributed by atoms with Gasteiger partial charge in [0.1, 0.15) is 11.5 Å². The average Bonchev–Trinajstić information content (AvgIpc) is 2.31. The van der Waals surface area contributed by atoms with E-state index < -0.39 is 5.24 Å². The van der Waals surface area contributed by atoms with Crippen LogP contribution in [0.15, 0.2) is 30.3 Å². The summed E-state index contributed by atoms with van der Waals surface area (Å²) in [5.41, 5.74) is 0.822. The van der Waals surface area contributed by atoms with Gasteiger partial charge in [-0.2, -0.15) is 0 Å². The van der Waals surface area contributed by atoms with E-state index in [0.29, 0.717) is 5.75 Å². The Kier molecular flexibility index (Phi) is 3.20. The Morgan fingerprint density at radius 2 is 2.12 bits per heavy atom. The monoisotopic (exact) mass is 250 g/mol. The molecule has 17 heavy (non-hydrogen) atoms. The maximum absolute atomic E-state index is 10.6. The minimum atomic E-state index is -0.535. The molecule has 0 aliphatic rings. The van der Waals surface area contributed by atoms with Crippen LogP contribution in [-0.2, 0) is 4.79 Å². The zero-order valence-corrected chi connectivity index (χ0v) is 9.99. The van der Waals surface area contributed by atoms with Crippen molar-refractivity contribution in [3.05, 3.63) is 35.9 Å². The van der Waals surface area contributed by atoms with Crippen molar-refractivity contribution in [2.75, 3.05) is 6.61 Å². The van der Waals surface area contributed by atoms with Gasteiger partial charge in [0.05, 0.1) is 0 Å². The molecule has 2 aromatic carbocycles. The van der Waals surface area contributed by atoms with Gasteiger partial charge in [-0.3, -0.25) is 4.79 Å². The number of aryl methyl sites for hydroxylation is 1. The van der Waals surface area contributed by atoms with Gasteiger partial charge in [0, 0.05) is 0 Å². The molecule has 0 heterocycles. The smallest absolute Gasteiger partial charge is 0.259 e. The Bertz CT molecular complexity index is 578. The molecule has 0 amide bonds. The number of halogens is 1. The summed E-state index contributed by atoms with van der Waals surface area (Å²) in [5, 5.41) is 10.9. The summed E-state index contributed by atoms with van der Waals surface area (Å²) in [6, 6.07) is 8.83. The van der Waals surface area contributed by atoms with E-state index in [1.165, 1.54) is 0 Å². The van der Waals surface area contributed by atoms with Gasteiger partial charge in [-0.05, 0) is 53.1 Å². The van der Waals surface area contributed by atoms with Gasteiger partial charge in [-0.1, -0.05) is 12.1 Å². The van der Waals surface area contributed by atoms with Crippen LogP contribution in [0.5, 0.6) is 11.5 Å². The number of hydrogen-bond donors (Lipinski definition) is 1. The lowest BCUT2D eigenvalue weighted by atomic mass is 10.0. The summed E-state index contributed by atoms with van der Waals surface area (Å²) >= 11 is 5.19. The van der Waals surface area contributed by atoms with Crippen molar-refractivity contribution in [2.24, 2.45) is 0 Å². The van der Waals surface area contributed by atoms with Crippen LogP contribution < -0.4 is 4.74 Å². The van der Waals surface area contributed by atoms with Crippen molar-refractivity contribution in [1.82, 2.24) is 0 Å². The summed E-state index contributed by atoms with van der Waals surface area (Å²) in [6.07, 6.45) is 0. The number of benzene rings is 2. The standard InChI is InChI=1S/C13H11ClO3/c1-8-11-4-3-10(17-7-13(14)16)6-9(11)2-5-12(8)15/h2-6,15H,7H2,1H3. The number of fused-ring (bicyclic) bond motifs is 1. The third-order valence-electron chi connectivity index (χ3n) is 2.58.